The van der Waals surface area contributed by atoms with Gasteiger partial charge in [0.05, 0.1) is 20.6 Å². The zero-order chi connectivity index (χ0) is 17.0. The van der Waals surface area contributed by atoms with Crippen molar-refractivity contribution in [3.8, 4) is 11.5 Å². The molecule has 1 aromatic carbocycles. The van der Waals surface area contributed by atoms with Crippen molar-refractivity contribution in [3.63, 3.8) is 0 Å². The fraction of sp³-hybridized carbons (Fsp3) is 0.611. The quantitative estimate of drug-likeness (QED) is 0.833. The second kappa shape index (κ2) is 7.68. The number of hydrogen-bond acceptors (Lipinski definition) is 4. The lowest BCUT2D eigenvalue weighted by Gasteiger charge is -2.42. The Kier molecular flexibility index (Phi) is 5.88. The third-order valence-electron chi connectivity index (χ3n) is 4.51. The van der Waals surface area contributed by atoms with Gasteiger partial charge in [-0.25, -0.2) is 0 Å². The van der Waals surface area contributed by atoms with E-state index < -0.39 is 0 Å². The Morgan fingerprint density at radius 2 is 1.91 bits per heavy atom. The molecule has 0 saturated carbocycles. The van der Waals surface area contributed by atoms with Crippen LogP contribution in [0.5, 0.6) is 11.5 Å². The molecule has 128 valence electrons. The van der Waals surface area contributed by atoms with E-state index in [2.05, 4.69) is 25.8 Å². The molecule has 0 spiro atoms. The zero-order valence-corrected chi connectivity index (χ0v) is 14.8. The van der Waals surface area contributed by atoms with Crippen LogP contribution >= 0.6 is 0 Å². The van der Waals surface area contributed by atoms with Crippen molar-refractivity contribution >= 4 is 5.91 Å². The summed E-state index contributed by atoms with van der Waals surface area (Å²) < 4.78 is 10.6. The first kappa shape index (κ1) is 17.6. The molecule has 0 N–H and O–H groups in total. The second-order valence-electron chi connectivity index (χ2n) is 6.53. The zero-order valence-electron chi connectivity index (χ0n) is 14.8. The maximum absolute atomic E-state index is 12.8. The highest BCUT2D eigenvalue weighted by atomic mass is 16.5. The molecule has 1 fully saturated rings. The fourth-order valence-electron chi connectivity index (χ4n) is 3.10. The monoisotopic (exact) mass is 320 g/mol. The average molecular weight is 320 g/mol. The van der Waals surface area contributed by atoms with E-state index >= 15 is 0 Å². The van der Waals surface area contributed by atoms with Gasteiger partial charge in [0.1, 0.15) is 0 Å². The SMILES string of the molecule is COc1ccc(CC(=O)N2CCN(C)C[C@H]2C(C)C)cc1OC. The van der Waals surface area contributed by atoms with Gasteiger partial charge in [0, 0.05) is 25.7 Å². The number of carbonyl (C=O) groups is 1. The van der Waals surface area contributed by atoms with Gasteiger partial charge in [-0.15, -0.1) is 0 Å². The van der Waals surface area contributed by atoms with Crippen LogP contribution in [0.2, 0.25) is 0 Å². The summed E-state index contributed by atoms with van der Waals surface area (Å²) in [6, 6.07) is 5.95. The lowest BCUT2D eigenvalue weighted by atomic mass is 9.98. The Balaban J connectivity index is 2.11. The van der Waals surface area contributed by atoms with Crippen molar-refractivity contribution < 1.29 is 14.3 Å². The Morgan fingerprint density at radius 1 is 1.22 bits per heavy atom. The third kappa shape index (κ3) is 4.16. The molecule has 0 unspecified atom stereocenters. The summed E-state index contributed by atoms with van der Waals surface area (Å²) in [7, 11) is 5.34. The summed E-state index contributed by atoms with van der Waals surface area (Å²) in [6.07, 6.45) is 0.396. The van der Waals surface area contributed by atoms with Crippen molar-refractivity contribution in [2.24, 2.45) is 5.92 Å². The molecule has 23 heavy (non-hydrogen) atoms. The molecule has 0 bridgehead atoms. The van der Waals surface area contributed by atoms with Gasteiger partial charge in [0.15, 0.2) is 11.5 Å². The average Bonchev–Trinajstić information content (AvgIpc) is 2.54. The summed E-state index contributed by atoms with van der Waals surface area (Å²) in [5, 5.41) is 0. The van der Waals surface area contributed by atoms with Crippen molar-refractivity contribution in [1.82, 2.24) is 9.80 Å². The Bertz CT molecular complexity index is 545. The minimum absolute atomic E-state index is 0.184. The number of rotatable bonds is 5. The van der Waals surface area contributed by atoms with E-state index in [-0.39, 0.29) is 11.9 Å². The summed E-state index contributed by atoms with van der Waals surface area (Å²) in [4.78, 5) is 17.1. The van der Waals surface area contributed by atoms with E-state index in [1.54, 1.807) is 14.2 Å². The van der Waals surface area contributed by atoms with Gasteiger partial charge in [-0.2, -0.15) is 0 Å². The molecule has 1 saturated heterocycles. The number of nitrogens with zero attached hydrogens (tertiary/aromatic N) is 2. The molecular weight excluding hydrogens is 292 g/mol. The molecule has 5 nitrogen and oxygen atoms in total. The Labute approximate surface area is 139 Å². The minimum Gasteiger partial charge on any atom is -0.493 e. The second-order valence-corrected chi connectivity index (χ2v) is 6.53. The number of amides is 1. The van der Waals surface area contributed by atoms with Crippen LogP contribution in [0, 0.1) is 5.92 Å². The molecule has 1 aromatic rings. The molecule has 0 radical (unpaired) electrons. The molecule has 1 aliphatic rings. The molecule has 0 aliphatic carbocycles. The van der Waals surface area contributed by atoms with E-state index in [4.69, 9.17) is 9.47 Å². The maximum Gasteiger partial charge on any atom is 0.227 e. The van der Waals surface area contributed by atoms with Crippen LogP contribution in [-0.2, 0) is 11.2 Å². The van der Waals surface area contributed by atoms with Crippen LogP contribution in [0.15, 0.2) is 18.2 Å². The van der Waals surface area contributed by atoms with E-state index in [9.17, 15) is 4.79 Å². The highest BCUT2D eigenvalue weighted by Gasteiger charge is 2.30. The number of carbonyl (C=O) groups excluding carboxylic acids is 1. The van der Waals surface area contributed by atoms with Crippen LogP contribution in [0.4, 0.5) is 0 Å². The van der Waals surface area contributed by atoms with E-state index in [1.807, 2.05) is 23.1 Å². The predicted octanol–water partition coefficient (Wildman–Crippen LogP) is 2.04. The lowest BCUT2D eigenvalue weighted by Crippen LogP contribution is -2.56. The maximum atomic E-state index is 12.8. The number of ether oxygens (including phenoxy) is 2. The third-order valence-corrected chi connectivity index (χ3v) is 4.51. The van der Waals surface area contributed by atoms with Gasteiger partial charge in [-0.05, 0) is 30.7 Å². The van der Waals surface area contributed by atoms with E-state index in [0.29, 0.717) is 23.8 Å². The van der Waals surface area contributed by atoms with Gasteiger partial charge in [0.25, 0.3) is 0 Å². The van der Waals surface area contributed by atoms with Gasteiger partial charge >= 0.3 is 0 Å². The van der Waals surface area contributed by atoms with Crippen LogP contribution in [-0.4, -0.2) is 62.7 Å². The number of benzene rings is 1. The topological polar surface area (TPSA) is 42.0 Å². The van der Waals surface area contributed by atoms with Gasteiger partial charge in [-0.1, -0.05) is 19.9 Å². The largest absolute Gasteiger partial charge is 0.493 e. The van der Waals surface area contributed by atoms with Gasteiger partial charge in [0.2, 0.25) is 5.91 Å². The number of methoxy groups -OCH3 is 2. The molecule has 5 heteroatoms. The highest BCUT2D eigenvalue weighted by Crippen LogP contribution is 2.28. The number of likely N-dealkylation sites (N-methyl/N-ethyl adjacent to an activating group) is 1. The smallest absolute Gasteiger partial charge is 0.227 e. The van der Waals surface area contributed by atoms with Gasteiger partial charge < -0.3 is 19.3 Å². The molecule has 1 amide bonds. The lowest BCUT2D eigenvalue weighted by molar-refractivity contribution is -0.136. The first-order valence-electron chi connectivity index (χ1n) is 8.15. The highest BCUT2D eigenvalue weighted by molar-refractivity contribution is 5.79. The molecule has 1 aliphatic heterocycles. The van der Waals surface area contributed by atoms with Crippen LogP contribution < -0.4 is 9.47 Å². The standard InChI is InChI=1S/C18H28N2O3/c1-13(2)15-12-19(3)8-9-20(15)18(21)11-14-6-7-16(22-4)17(10-14)23-5/h6-7,10,13,15H,8-9,11-12H2,1-5H3/t15-/m0/s1. The molecule has 2 rings (SSSR count). The molecular formula is C18H28N2O3. The molecule has 0 aromatic heterocycles. The van der Waals surface area contributed by atoms with Crippen molar-refractivity contribution in [3.05, 3.63) is 23.8 Å². The van der Waals surface area contributed by atoms with Crippen molar-refractivity contribution in [1.29, 1.82) is 0 Å². The van der Waals surface area contributed by atoms with Crippen LogP contribution in [0.25, 0.3) is 0 Å². The number of hydrogen-bond donors (Lipinski definition) is 0. The van der Waals surface area contributed by atoms with Crippen LogP contribution in [0.1, 0.15) is 19.4 Å². The van der Waals surface area contributed by atoms with E-state index in [0.717, 1.165) is 25.2 Å². The molecule has 1 atom stereocenters. The first-order valence-corrected chi connectivity index (χ1v) is 8.15. The first-order chi connectivity index (χ1) is 11.0. The fourth-order valence-corrected chi connectivity index (χ4v) is 3.10. The van der Waals surface area contributed by atoms with Gasteiger partial charge in [-0.3, -0.25) is 4.79 Å². The van der Waals surface area contributed by atoms with Crippen LogP contribution in [0.3, 0.4) is 0 Å². The summed E-state index contributed by atoms with van der Waals surface area (Å²) in [5.74, 6) is 1.98. The van der Waals surface area contributed by atoms with Crippen molar-refractivity contribution in [2.75, 3.05) is 40.9 Å². The Morgan fingerprint density at radius 3 is 2.52 bits per heavy atom. The normalized spacial score (nSPS) is 19.0. The number of piperazine rings is 1. The Hall–Kier alpha value is -1.75. The predicted molar refractivity (Wildman–Crippen MR) is 91.1 cm³/mol. The van der Waals surface area contributed by atoms with Crippen molar-refractivity contribution in [2.45, 2.75) is 26.3 Å². The molecule has 1 heterocycles. The summed E-state index contributed by atoms with van der Waals surface area (Å²) in [6.45, 7) is 7.03. The minimum atomic E-state index is 0.184. The summed E-state index contributed by atoms with van der Waals surface area (Å²) in [5.41, 5.74) is 0.953. The summed E-state index contributed by atoms with van der Waals surface area (Å²) >= 11 is 0. The van der Waals surface area contributed by atoms with E-state index in [1.165, 1.54) is 0 Å².